The highest BCUT2D eigenvalue weighted by atomic mass is 15.1. The molecule has 0 unspecified atom stereocenters. The average Bonchev–Trinajstić information content (AvgIpc) is 2.03. The summed E-state index contributed by atoms with van der Waals surface area (Å²) in [6.45, 7) is 14.2. The minimum atomic E-state index is 0.643. The first-order chi connectivity index (χ1) is 5.95. The lowest BCUT2D eigenvalue weighted by molar-refractivity contribution is 0.270. The Kier molecular flexibility index (Phi) is 6.06. The van der Waals surface area contributed by atoms with Gasteiger partial charge in [0.25, 0.3) is 0 Å². The maximum Gasteiger partial charge on any atom is 0.00355 e. The van der Waals surface area contributed by atoms with Gasteiger partial charge in [0.15, 0.2) is 0 Å². The molecule has 0 aromatic carbocycles. The van der Waals surface area contributed by atoms with Crippen LogP contribution in [0.15, 0.2) is 12.2 Å². The van der Waals surface area contributed by atoms with Crippen molar-refractivity contribution < 1.29 is 0 Å². The predicted molar refractivity (Wildman–Crippen MR) is 61.0 cm³/mol. The molecule has 13 heavy (non-hydrogen) atoms. The van der Waals surface area contributed by atoms with Gasteiger partial charge in [-0.1, -0.05) is 26.0 Å². The van der Waals surface area contributed by atoms with Crippen LogP contribution >= 0.6 is 0 Å². The standard InChI is InChI=1S/C12H25N/c1-10(2)12(5)8-7-9-13(6)11(3)4/h10-11H,5,7-9H2,1-4,6H3. The number of hydrogen-bond donors (Lipinski definition) is 0. The summed E-state index contributed by atoms with van der Waals surface area (Å²) in [5, 5.41) is 0. The van der Waals surface area contributed by atoms with E-state index in [0.717, 1.165) is 0 Å². The SMILES string of the molecule is C=C(CCCN(C)C(C)C)C(C)C. The fourth-order valence-electron chi connectivity index (χ4n) is 1.10. The van der Waals surface area contributed by atoms with E-state index in [1.54, 1.807) is 0 Å². The molecule has 0 aromatic rings. The summed E-state index contributed by atoms with van der Waals surface area (Å²) in [6.07, 6.45) is 2.42. The normalized spacial score (nSPS) is 11.7. The minimum absolute atomic E-state index is 0.643. The molecule has 0 saturated carbocycles. The molecule has 0 heterocycles. The van der Waals surface area contributed by atoms with E-state index in [0.29, 0.717) is 12.0 Å². The van der Waals surface area contributed by atoms with E-state index in [2.05, 4.69) is 46.2 Å². The zero-order valence-electron chi connectivity index (χ0n) is 9.93. The Morgan fingerprint density at radius 1 is 1.23 bits per heavy atom. The van der Waals surface area contributed by atoms with E-state index in [-0.39, 0.29) is 0 Å². The van der Waals surface area contributed by atoms with Crippen molar-refractivity contribution in [2.45, 2.75) is 46.6 Å². The van der Waals surface area contributed by atoms with Crippen LogP contribution in [0, 0.1) is 5.92 Å². The highest BCUT2D eigenvalue weighted by Gasteiger charge is 2.04. The average molecular weight is 183 g/mol. The topological polar surface area (TPSA) is 3.24 Å². The molecule has 78 valence electrons. The Balaban J connectivity index is 3.51. The Labute approximate surface area is 83.8 Å². The van der Waals surface area contributed by atoms with Crippen molar-refractivity contribution in [3.63, 3.8) is 0 Å². The fourth-order valence-corrected chi connectivity index (χ4v) is 1.10. The minimum Gasteiger partial charge on any atom is -0.304 e. The molecular weight excluding hydrogens is 158 g/mol. The summed E-state index contributed by atoms with van der Waals surface area (Å²) >= 11 is 0. The lowest BCUT2D eigenvalue weighted by Gasteiger charge is -2.21. The molecule has 0 aromatic heterocycles. The Hall–Kier alpha value is -0.300. The maximum atomic E-state index is 4.08. The highest BCUT2D eigenvalue weighted by molar-refractivity contribution is 4.97. The quantitative estimate of drug-likeness (QED) is 0.571. The first kappa shape index (κ1) is 12.7. The van der Waals surface area contributed by atoms with Gasteiger partial charge in [-0.2, -0.15) is 0 Å². The smallest absolute Gasteiger partial charge is 0.00355 e. The monoisotopic (exact) mass is 183 g/mol. The lowest BCUT2D eigenvalue weighted by Crippen LogP contribution is -2.27. The van der Waals surface area contributed by atoms with Gasteiger partial charge < -0.3 is 4.90 Å². The second kappa shape index (κ2) is 6.20. The van der Waals surface area contributed by atoms with Gasteiger partial charge in [-0.3, -0.25) is 0 Å². The van der Waals surface area contributed by atoms with Crippen molar-refractivity contribution in [3.8, 4) is 0 Å². The molecule has 0 atom stereocenters. The molecule has 0 spiro atoms. The second-order valence-electron chi connectivity index (χ2n) is 4.49. The maximum absolute atomic E-state index is 4.08. The Morgan fingerprint density at radius 3 is 2.15 bits per heavy atom. The Bertz CT molecular complexity index is 147. The van der Waals surface area contributed by atoms with Crippen molar-refractivity contribution in [3.05, 3.63) is 12.2 Å². The van der Waals surface area contributed by atoms with E-state index >= 15 is 0 Å². The van der Waals surface area contributed by atoms with Crippen LogP contribution in [0.4, 0.5) is 0 Å². The summed E-state index contributed by atoms with van der Waals surface area (Å²) in [6, 6.07) is 0.660. The van der Waals surface area contributed by atoms with Crippen LogP contribution in [-0.4, -0.2) is 24.5 Å². The van der Waals surface area contributed by atoms with Crippen LogP contribution in [0.3, 0.4) is 0 Å². The third-order valence-electron chi connectivity index (χ3n) is 2.71. The predicted octanol–water partition coefficient (Wildman–Crippen LogP) is 3.32. The van der Waals surface area contributed by atoms with Gasteiger partial charge in [-0.05, 0) is 46.2 Å². The summed E-state index contributed by atoms with van der Waals surface area (Å²) in [4.78, 5) is 2.38. The molecule has 1 heteroatoms. The molecule has 0 bridgehead atoms. The van der Waals surface area contributed by atoms with Crippen molar-refractivity contribution >= 4 is 0 Å². The zero-order valence-corrected chi connectivity index (χ0v) is 9.93. The van der Waals surface area contributed by atoms with E-state index in [4.69, 9.17) is 0 Å². The summed E-state index contributed by atoms with van der Waals surface area (Å²) in [5.41, 5.74) is 1.39. The third kappa shape index (κ3) is 5.87. The molecular formula is C12H25N. The van der Waals surface area contributed by atoms with Crippen LogP contribution in [0.25, 0.3) is 0 Å². The van der Waals surface area contributed by atoms with Crippen molar-refractivity contribution in [2.24, 2.45) is 5.92 Å². The molecule has 0 aliphatic rings. The van der Waals surface area contributed by atoms with Crippen LogP contribution < -0.4 is 0 Å². The van der Waals surface area contributed by atoms with Gasteiger partial charge >= 0.3 is 0 Å². The van der Waals surface area contributed by atoms with Crippen molar-refractivity contribution in [1.29, 1.82) is 0 Å². The summed E-state index contributed by atoms with van der Waals surface area (Å²) in [5.74, 6) is 0.643. The number of hydrogen-bond acceptors (Lipinski definition) is 1. The number of nitrogens with zero attached hydrogens (tertiary/aromatic N) is 1. The third-order valence-corrected chi connectivity index (χ3v) is 2.71. The van der Waals surface area contributed by atoms with Crippen molar-refractivity contribution in [1.82, 2.24) is 4.90 Å². The lowest BCUT2D eigenvalue weighted by atomic mass is 10.0. The highest BCUT2D eigenvalue weighted by Crippen LogP contribution is 2.13. The van der Waals surface area contributed by atoms with Crippen LogP contribution in [-0.2, 0) is 0 Å². The Morgan fingerprint density at radius 2 is 1.77 bits per heavy atom. The van der Waals surface area contributed by atoms with Gasteiger partial charge in [0.2, 0.25) is 0 Å². The zero-order chi connectivity index (χ0) is 10.4. The molecule has 0 fully saturated rings. The van der Waals surface area contributed by atoms with E-state index in [1.807, 2.05) is 0 Å². The molecule has 1 nitrogen and oxygen atoms in total. The van der Waals surface area contributed by atoms with Gasteiger partial charge in [0.1, 0.15) is 0 Å². The molecule has 0 radical (unpaired) electrons. The molecule has 0 amide bonds. The molecule has 0 aliphatic heterocycles. The van der Waals surface area contributed by atoms with E-state index < -0.39 is 0 Å². The van der Waals surface area contributed by atoms with E-state index in [9.17, 15) is 0 Å². The summed E-state index contributed by atoms with van der Waals surface area (Å²) in [7, 11) is 2.18. The van der Waals surface area contributed by atoms with Crippen LogP contribution in [0.1, 0.15) is 40.5 Å². The van der Waals surface area contributed by atoms with Gasteiger partial charge in [-0.15, -0.1) is 0 Å². The van der Waals surface area contributed by atoms with Crippen molar-refractivity contribution in [2.75, 3.05) is 13.6 Å². The van der Waals surface area contributed by atoms with Gasteiger partial charge in [0.05, 0.1) is 0 Å². The fraction of sp³-hybridized carbons (Fsp3) is 0.833. The molecule has 0 rings (SSSR count). The first-order valence-corrected chi connectivity index (χ1v) is 5.33. The molecule has 0 aliphatic carbocycles. The van der Waals surface area contributed by atoms with E-state index in [1.165, 1.54) is 25.0 Å². The number of rotatable bonds is 6. The van der Waals surface area contributed by atoms with Crippen LogP contribution in [0.5, 0.6) is 0 Å². The van der Waals surface area contributed by atoms with Crippen LogP contribution in [0.2, 0.25) is 0 Å². The molecule has 0 saturated heterocycles. The number of allylic oxidation sites excluding steroid dienone is 1. The molecule has 0 N–H and O–H groups in total. The largest absolute Gasteiger partial charge is 0.304 e. The first-order valence-electron chi connectivity index (χ1n) is 5.33. The van der Waals surface area contributed by atoms with Gasteiger partial charge in [0, 0.05) is 6.04 Å². The van der Waals surface area contributed by atoms with Gasteiger partial charge in [-0.25, -0.2) is 0 Å². The summed E-state index contributed by atoms with van der Waals surface area (Å²) < 4.78 is 0. The second-order valence-corrected chi connectivity index (χ2v) is 4.49.